The number of hydrogen-bond donors (Lipinski definition) is 3. The fraction of sp³-hybridized carbons (Fsp3) is 0.808. The highest BCUT2D eigenvalue weighted by Crippen LogP contribution is 2.71. The van der Waals surface area contributed by atoms with Gasteiger partial charge in [0.15, 0.2) is 18.9 Å². The quantitative estimate of drug-likeness (QED) is 0.162. The second-order valence-corrected chi connectivity index (χ2v) is 21.6. The summed E-state index contributed by atoms with van der Waals surface area (Å²) in [6.07, 6.45) is -0.775. The average molecular weight is 959 g/mol. The number of benzene rings is 1. The molecular weight excluding hydrogens is 881 g/mol. The van der Waals surface area contributed by atoms with E-state index in [9.17, 15) is 24.9 Å². The van der Waals surface area contributed by atoms with Crippen molar-refractivity contribution in [1.82, 2.24) is 0 Å². The van der Waals surface area contributed by atoms with Gasteiger partial charge in [-0.2, -0.15) is 0 Å². The van der Waals surface area contributed by atoms with Gasteiger partial charge in [0, 0.05) is 58.3 Å². The number of rotatable bonds is 13. The minimum Gasteiger partial charge on any atom is -0.463 e. The number of hydrogen-bond acceptors (Lipinski definition) is 16. The van der Waals surface area contributed by atoms with Gasteiger partial charge in [-0.15, -0.1) is 0 Å². The van der Waals surface area contributed by atoms with Crippen molar-refractivity contribution >= 4 is 11.9 Å². The molecule has 0 spiro atoms. The Bertz CT molecular complexity index is 1940. The third-order valence-corrected chi connectivity index (χ3v) is 18.1. The summed E-state index contributed by atoms with van der Waals surface area (Å²) in [6.45, 7) is 15.5. The molecule has 16 heteroatoms. The Labute approximate surface area is 401 Å². The second kappa shape index (κ2) is 20.1. The van der Waals surface area contributed by atoms with Crippen molar-refractivity contribution in [3.8, 4) is 0 Å². The van der Waals surface area contributed by atoms with Crippen LogP contribution in [0.1, 0.15) is 117 Å². The minimum absolute atomic E-state index is 0.00759. The fourth-order valence-electron chi connectivity index (χ4n) is 14.0. The van der Waals surface area contributed by atoms with Crippen molar-refractivity contribution in [2.24, 2.45) is 34.0 Å². The Kier molecular flexibility index (Phi) is 15.3. The summed E-state index contributed by atoms with van der Waals surface area (Å²) in [5.41, 5.74) is -2.22. The van der Waals surface area contributed by atoms with Crippen molar-refractivity contribution in [3.05, 3.63) is 48.0 Å². The monoisotopic (exact) mass is 959 g/mol. The van der Waals surface area contributed by atoms with Crippen LogP contribution in [0.2, 0.25) is 0 Å². The molecule has 3 N–H and O–H groups in total. The zero-order chi connectivity index (χ0) is 49.1. The maximum absolute atomic E-state index is 13.9. The fourth-order valence-corrected chi connectivity index (χ4v) is 14.0. The molecule has 3 aliphatic heterocycles. The Morgan fingerprint density at radius 2 is 1.40 bits per heavy atom. The van der Waals surface area contributed by atoms with E-state index in [0.29, 0.717) is 37.7 Å². The third-order valence-electron chi connectivity index (χ3n) is 18.1. The first kappa shape index (κ1) is 51.8. The average Bonchev–Trinajstić information content (AvgIpc) is 3.59. The highest BCUT2D eigenvalue weighted by Gasteiger charge is 2.73. The molecule has 0 amide bonds. The highest BCUT2D eigenvalue weighted by atomic mass is 16.8. The van der Waals surface area contributed by atoms with E-state index in [4.69, 9.17) is 52.1 Å². The number of carbonyl (C=O) groups excluding carboxylic acids is 2. The summed E-state index contributed by atoms with van der Waals surface area (Å²) in [7, 11) is 4.68. The molecule has 0 radical (unpaired) electrons. The molecule has 3 saturated carbocycles. The van der Waals surface area contributed by atoms with E-state index in [2.05, 4.69) is 26.0 Å². The second-order valence-electron chi connectivity index (χ2n) is 21.6. The normalized spacial score (nSPS) is 48.4. The predicted octanol–water partition coefficient (Wildman–Crippen LogP) is 5.65. The van der Waals surface area contributed by atoms with Gasteiger partial charge in [-0.3, -0.25) is 4.79 Å². The number of esters is 2. The van der Waals surface area contributed by atoms with Crippen LogP contribution in [0.15, 0.2) is 42.5 Å². The van der Waals surface area contributed by atoms with Crippen LogP contribution >= 0.6 is 0 Å². The molecule has 68 heavy (non-hydrogen) atoms. The first-order valence-corrected chi connectivity index (χ1v) is 24.9. The molecule has 1 aromatic rings. The molecule has 3 heterocycles. The van der Waals surface area contributed by atoms with Crippen LogP contribution < -0.4 is 0 Å². The number of fused-ring (bicyclic) bond motifs is 5. The number of aliphatic hydroxyl groups is 3. The number of aliphatic hydroxyl groups excluding tert-OH is 2. The van der Waals surface area contributed by atoms with Gasteiger partial charge >= 0.3 is 11.9 Å². The van der Waals surface area contributed by atoms with Crippen molar-refractivity contribution in [1.29, 1.82) is 0 Å². The van der Waals surface area contributed by atoms with E-state index in [0.717, 1.165) is 19.3 Å². The van der Waals surface area contributed by atoms with E-state index < -0.39 is 103 Å². The van der Waals surface area contributed by atoms with E-state index in [1.165, 1.54) is 14.0 Å². The number of methoxy groups -OCH3 is 3. The van der Waals surface area contributed by atoms with Crippen LogP contribution in [0.25, 0.3) is 0 Å². The first-order valence-electron chi connectivity index (χ1n) is 24.9. The standard InChI is InChI=1S/C52H78O16/c1-27(61-31(5)53)34-19-22-52(57)35-18-20-49(6)26-33(17-21-50(49,7)36(35)23-39(51(34,52)8)66-47(56)32-15-13-12-14-16-32)65-40-24-37(58-9)44(29(3)62-40)67-41-25-38(59-10)45(30(4)63-41)68-48-43(55)46(60-11)42(54)28(2)64-48/h12-16,18,20,27-30,33-46,48,54-55,57H,17,19,21-26H2,1-11H3. The van der Waals surface area contributed by atoms with Gasteiger partial charge < -0.3 is 67.4 Å². The molecule has 23 unspecified atom stereocenters. The van der Waals surface area contributed by atoms with Crippen molar-refractivity contribution in [2.75, 3.05) is 21.3 Å². The summed E-state index contributed by atoms with van der Waals surface area (Å²) in [5.74, 6) is -1.22. The van der Waals surface area contributed by atoms with Crippen LogP contribution in [-0.4, -0.2) is 152 Å². The minimum atomic E-state index is -1.23. The molecule has 4 aliphatic carbocycles. The molecule has 0 bridgehead atoms. The van der Waals surface area contributed by atoms with Gasteiger partial charge in [0.2, 0.25) is 0 Å². The van der Waals surface area contributed by atoms with Gasteiger partial charge in [-0.25, -0.2) is 4.79 Å². The molecule has 3 saturated heterocycles. The molecule has 7 aliphatic rings. The number of ether oxygens (including phenoxy) is 11. The first-order chi connectivity index (χ1) is 32.2. The van der Waals surface area contributed by atoms with E-state index in [1.54, 1.807) is 33.3 Å². The summed E-state index contributed by atoms with van der Waals surface area (Å²) in [6, 6.07) is 9.00. The zero-order valence-corrected chi connectivity index (χ0v) is 41.8. The highest BCUT2D eigenvalue weighted by molar-refractivity contribution is 5.89. The molecule has 23 atom stereocenters. The van der Waals surface area contributed by atoms with Gasteiger partial charge in [0.05, 0.1) is 47.8 Å². The summed E-state index contributed by atoms with van der Waals surface area (Å²) in [5, 5.41) is 34.6. The molecule has 0 aromatic heterocycles. The zero-order valence-electron chi connectivity index (χ0n) is 41.8. The van der Waals surface area contributed by atoms with Crippen molar-refractivity contribution in [2.45, 2.75) is 211 Å². The van der Waals surface area contributed by atoms with Crippen LogP contribution in [-0.2, 0) is 56.9 Å². The molecule has 16 nitrogen and oxygen atoms in total. The van der Waals surface area contributed by atoms with Crippen LogP contribution in [0, 0.1) is 34.0 Å². The molecule has 1 aromatic carbocycles. The van der Waals surface area contributed by atoms with Gasteiger partial charge in [0.25, 0.3) is 0 Å². The Morgan fingerprint density at radius 3 is 2.01 bits per heavy atom. The lowest BCUT2D eigenvalue weighted by Crippen LogP contribution is -2.68. The van der Waals surface area contributed by atoms with Crippen LogP contribution in [0.3, 0.4) is 0 Å². The summed E-state index contributed by atoms with van der Waals surface area (Å²) in [4.78, 5) is 26.1. The third kappa shape index (κ3) is 9.14. The summed E-state index contributed by atoms with van der Waals surface area (Å²) < 4.78 is 68.2. The van der Waals surface area contributed by atoms with E-state index in [1.807, 2.05) is 45.9 Å². The van der Waals surface area contributed by atoms with Gasteiger partial charge in [-0.1, -0.05) is 51.1 Å². The lowest BCUT2D eigenvalue weighted by molar-refractivity contribution is -0.352. The molecular formula is C52H78O16. The van der Waals surface area contributed by atoms with Crippen molar-refractivity contribution in [3.63, 3.8) is 0 Å². The Morgan fingerprint density at radius 1 is 0.765 bits per heavy atom. The topological polar surface area (TPSA) is 196 Å². The molecule has 8 rings (SSSR count). The maximum atomic E-state index is 13.9. The van der Waals surface area contributed by atoms with Gasteiger partial charge in [0.1, 0.15) is 42.7 Å². The summed E-state index contributed by atoms with van der Waals surface area (Å²) >= 11 is 0. The van der Waals surface area contributed by atoms with E-state index >= 15 is 0 Å². The largest absolute Gasteiger partial charge is 0.463 e. The molecule has 382 valence electrons. The maximum Gasteiger partial charge on any atom is 0.338 e. The SMILES string of the molecule is COC1CC(OC2CCC3(C)C4CC(OC(=O)c5ccccc5)C5(C)C(C(C)OC(C)=O)CCC5(O)C4C=CC3(C)C2)OC(C)C1OC1CC(OC)C(OC2OC(C)C(O)C(OC)C2O)C(C)O1. The van der Waals surface area contributed by atoms with Crippen LogP contribution in [0.5, 0.6) is 0 Å². The van der Waals surface area contributed by atoms with Crippen molar-refractivity contribution < 1.29 is 77.0 Å². The smallest absolute Gasteiger partial charge is 0.338 e. The van der Waals surface area contributed by atoms with E-state index in [-0.39, 0.29) is 46.8 Å². The van der Waals surface area contributed by atoms with Crippen LogP contribution in [0.4, 0.5) is 0 Å². The Balaban J connectivity index is 0.929. The molecule has 6 fully saturated rings. The number of carbonyl (C=O) groups is 2. The number of allylic oxidation sites excluding steroid dienone is 1. The lowest BCUT2D eigenvalue weighted by atomic mass is 9.41. The van der Waals surface area contributed by atoms with Gasteiger partial charge in [-0.05, 0) is 95.1 Å². The predicted molar refractivity (Wildman–Crippen MR) is 245 cm³/mol. The Hall–Kier alpha value is -2.58. The lowest BCUT2D eigenvalue weighted by Gasteiger charge is -2.66.